The maximum Gasteiger partial charge on any atom is 0.254 e. The third-order valence-electron chi connectivity index (χ3n) is 3.62. The summed E-state index contributed by atoms with van der Waals surface area (Å²) in [7, 11) is 0. The van der Waals surface area contributed by atoms with E-state index < -0.39 is 11.9 Å². The summed E-state index contributed by atoms with van der Waals surface area (Å²) in [4.78, 5) is 14.0. The Morgan fingerprint density at radius 2 is 2.05 bits per heavy atom. The van der Waals surface area contributed by atoms with Crippen LogP contribution in [0.4, 0.5) is 4.39 Å². The van der Waals surface area contributed by atoms with Crippen LogP contribution in [-0.2, 0) is 6.54 Å². The molecule has 21 heavy (non-hydrogen) atoms. The van der Waals surface area contributed by atoms with E-state index in [1.54, 1.807) is 0 Å². The molecule has 0 bridgehead atoms. The predicted octanol–water partition coefficient (Wildman–Crippen LogP) is 3.17. The predicted molar refractivity (Wildman–Crippen MR) is 77.6 cm³/mol. The topological polar surface area (TPSA) is 40.5 Å². The molecule has 0 saturated heterocycles. The first-order valence-corrected chi connectivity index (χ1v) is 6.94. The van der Waals surface area contributed by atoms with Gasteiger partial charge in [-0.1, -0.05) is 35.9 Å². The van der Waals surface area contributed by atoms with Crippen molar-refractivity contribution in [3.05, 3.63) is 70.0 Å². The molecule has 1 heterocycles. The molecule has 108 valence electrons. The fourth-order valence-electron chi connectivity index (χ4n) is 2.55. The lowest BCUT2D eigenvalue weighted by molar-refractivity contribution is 0.0550. The Bertz CT molecular complexity index is 704. The van der Waals surface area contributed by atoms with Gasteiger partial charge in [-0.25, -0.2) is 4.39 Å². The number of carbonyl (C=O) groups excluding carboxylic acids is 1. The minimum Gasteiger partial charge on any atom is -0.387 e. The summed E-state index contributed by atoms with van der Waals surface area (Å²) in [6.07, 6.45) is -0.713. The highest BCUT2D eigenvalue weighted by Crippen LogP contribution is 2.27. The number of benzene rings is 2. The van der Waals surface area contributed by atoms with E-state index in [9.17, 15) is 14.3 Å². The molecule has 0 fully saturated rings. The smallest absolute Gasteiger partial charge is 0.254 e. The van der Waals surface area contributed by atoms with Gasteiger partial charge in [-0.15, -0.1) is 0 Å². The molecule has 1 unspecified atom stereocenters. The lowest BCUT2D eigenvalue weighted by atomic mass is 9.97. The molecule has 1 aliphatic rings. The second-order valence-corrected chi connectivity index (χ2v) is 5.44. The quantitative estimate of drug-likeness (QED) is 0.879. The maximum atomic E-state index is 13.2. The van der Waals surface area contributed by atoms with Crippen molar-refractivity contribution in [2.75, 3.05) is 6.54 Å². The zero-order chi connectivity index (χ0) is 15.0. The molecule has 1 aliphatic heterocycles. The summed E-state index contributed by atoms with van der Waals surface area (Å²) in [5.41, 5.74) is 2.07. The minimum atomic E-state index is -0.713. The van der Waals surface area contributed by atoms with Gasteiger partial charge in [0.25, 0.3) is 5.91 Å². The Labute approximate surface area is 126 Å². The fraction of sp³-hybridized carbons (Fsp3) is 0.188. The number of hydrogen-bond donors (Lipinski definition) is 1. The van der Waals surface area contributed by atoms with Crippen molar-refractivity contribution in [3.63, 3.8) is 0 Å². The number of β-amino-alcohol motifs (C(OH)–C–C–N with tert-alkyl or cyclic N) is 1. The molecule has 0 radical (unpaired) electrons. The molecular weight excluding hydrogens is 293 g/mol. The average Bonchev–Trinajstić information content (AvgIpc) is 2.49. The Hall–Kier alpha value is -1.91. The first-order valence-electron chi connectivity index (χ1n) is 6.56. The van der Waals surface area contributed by atoms with Crippen molar-refractivity contribution in [3.8, 4) is 0 Å². The standard InChI is InChI=1S/C16H13ClFNO2/c17-13-7-10(5-6-14(13)18)16(21)19-8-11-3-1-2-4-12(11)15(20)9-19/h1-7,15,20H,8-9H2. The van der Waals surface area contributed by atoms with Crippen molar-refractivity contribution < 1.29 is 14.3 Å². The van der Waals surface area contributed by atoms with Crippen LogP contribution in [0.25, 0.3) is 0 Å². The number of halogens is 2. The number of carbonyl (C=O) groups is 1. The third kappa shape index (κ3) is 2.64. The summed E-state index contributed by atoms with van der Waals surface area (Å²) >= 11 is 5.71. The van der Waals surface area contributed by atoms with Crippen LogP contribution in [0.1, 0.15) is 27.6 Å². The van der Waals surface area contributed by atoms with Gasteiger partial charge in [0.05, 0.1) is 17.7 Å². The fourth-order valence-corrected chi connectivity index (χ4v) is 2.73. The van der Waals surface area contributed by atoms with E-state index >= 15 is 0 Å². The number of aliphatic hydroxyl groups is 1. The van der Waals surface area contributed by atoms with Gasteiger partial charge in [0, 0.05) is 12.1 Å². The maximum absolute atomic E-state index is 13.2. The summed E-state index contributed by atoms with van der Waals surface area (Å²) in [5.74, 6) is -0.831. The van der Waals surface area contributed by atoms with Crippen LogP contribution in [0.15, 0.2) is 42.5 Å². The molecule has 1 atom stereocenters. The Morgan fingerprint density at radius 1 is 1.29 bits per heavy atom. The van der Waals surface area contributed by atoms with Gasteiger partial charge in [0.15, 0.2) is 0 Å². The summed E-state index contributed by atoms with van der Waals surface area (Å²) in [5, 5.41) is 10.1. The molecule has 0 spiro atoms. The van der Waals surface area contributed by atoms with Crippen LogP contribution >= 0.6 is 11.6 Å². The van der Waals surface area contributed by atoms with Gasteiger partial charge in [-0.3, -0.25) is 4.79 Å². The van der Waals surface area contributed by atoms with Crippen molar-refractivity contribution in [1.29, 1.82) is 0 Å². The number of rotatable bonds is 1. The largest absolute Gasteiger partial charge is 0.387 e. The molecule has 2 aromatic rings. The first-order chi connectivity index (χ1) is 10.1. The Balaban J connectivity index is 1.88. The monoisotopic (exact) mass is 305 g/mol. The van der Waals surface area contributed by atoms with E-state index in [2.05, 4.69) is 0 Å². The van der Waals surface area contributed by atoms with Gasteiger partial charge >= 0.3 is 0 Å². The molecule has 0 aromatic heterocycles. The van der Waals surface area contributed by atoms with Gasteiger partial charge < -0.3 is 10.0 Å². The highest BCUT2D eigenvalue weighted by Gasteiger charge is 2.27. The van der Waals surface area contributed by atoms with E-state index in [1.807, 2.05) is 24.3 Å². The van der Waals surface area contributed by atoms with Gasteiger partial charge in [0.2, 0.25) is 0 Å². The van der Waals surface area contributed by atoms with Gasteiger partial charge in [0.1, 0.15) is 5.82 Å². The molecule has 3 rings (SSSR count). The molecule has 0 aliphatic carbocycles. The highest BCUT2D eigenvalue weighted by atomic mass is 35.5. The number of fused-ring (bicyclic) bond motifs is 1. The van der Waals surface area contributed by atoms with Crippen molar-refractivity contribution >= 4 is 17.5 Å². The number of nitrogens with zero attached hydrogens (tertiary/aromatic N) is 1. The molecule has 0 saturated carbocycles. The molecule has 1 amide bonds. The van der Waals surface area contributed by atoms with Gasteiger partial charge in [-0.05, 0) is 29.3 Å². The number of hydrogen-bond acceptors (Lipinski definition) is 2. The zero-order valence-electron chi connectivity index (χ0n) is 11.1. The van der Waals surface area contributed by atoms with Gasteiger partial charge in [-0.2, -0.15) is 0 Å². The van der Waals surface area contributed by atoms with Crippen molar-refractivity contribution in [2.24, 2.45) is 0 Å². The van der Waals surface area contributed by atoms with Crippen molar-refractivity contribution in [1.82, 2.24) is 4.90 Å². The zero-order valence-corrected chi connectivity index (χ0v) is 11.8. The lowest BCUT2D eigenvalue weighted by Gasteiger charge is -2.32. The third-order valence-corrected chi connectivity index (χ3v) is 3.91. The highest BCUT2D eigenvalue weighted by molar-refractivity contribution is 6.31. The van der Waals surface area contributed by atoms with Crippen LogP contribution in [0, 0.1) is 5.82 Å². The SMILES string of the molecule is O=C(c1ccc(F)c(Cl)c1)N1Cc2ccccc2C(O)C1. The number of aliphatic hydroxyl groups excluding tert-OH is 1. The average molecular weight is 306 g/mol. The summed E-state index contributed by atoms with van der Waals surface area (Å²) in [6.45, 7) is 0.631. The first kappa shape index (κ1) is 14.0. The lowest BCUT2D eigenvalue weighted by Crippen LogP contribution is -2.38. The van der Waals surface area contributed by atoms with E-state index in [-0.39, 0.29) is 17.5 Å². The molecule has 1 N–H and O–H groups in total. The van der Waals surface area contributed by atoms with Crippen LogP contribution in [-0.4, -0.2) is 22.5 Å². The van der Waals surface area contributed by atoms with E-state index in [1.165, 1.54) is 23.1 Å². The summed E-state index contributed by atoms with van der Waals surface area (Å²) < 4.78 is 13.2. The molecule has 5 heteroatoms. The van der Waals surface area contributed by atoms with Crippen molar-refractivity contribution in [2.45, 2.75) is 12.6 Å². The second-order valence-electron chi connectivity index (χ2n) is 5.03. The molecular formula is C16H13ClFNO2. The van der Waals surface area contributed by atoms with Crippen LogP contribution in [0.3, 0.4) is 0 Å². The van der Waals surface area contributed by atoms with E-state index in [0.29, 0.717) is 12.1 Å². The van der Waals surface area contributed by atoms with Crippen LogP contribution in [0.5, 0.6) is 0 Å². The summed E-state index contributed by atoms with van der Waals surface area (Å²) in [6, 6.07) is 11.4. The van der Waals surface area contributed by atoms with E-state index in [0.717, 1.165) is 11.1 Å². The Kier molecular flexibility index (Phi) is 3.66. The Morgan fingerprint density at radius 3 is 2.81 bits per heavy atom. The second kappa shape index (κ2) is 5.47. The number of amides is 1. The normalized spacial score (nSPS) is 17.5. The molecule has 3 nitrogen and oxygen atoms in total. The molecule has 2 aromatic carbocycles. The minimum absolute atomic E-state index is 0.0844. The van der Waals surface area contributed by atoms with E-state index in [4.69, 9.17) is 11.6 Å². The van der Waals surface area contributed by atoms with Crippen LogP contribution in [0.2, 0.25) is 5.02 Å². The van der Waals surface area contributed by atoms with Crippen LogP contribution < -0.4 is 0 Å².